The van der Waals surface area contributed by atoms with Crippen molar-refractivity contribution in [3.05, 3.63) is 28.5 Å². The van der Waals surface area contributed by atoms with Crippen LogP contribution in [0.3, 0.4) is 0 Å². The van der Waals surface area contributed by atoms with Crippen molar-refractivity contribution in [1.82, 2.24) is 0 Å². The van der Waals surface area contributed by atoms with E-state index in [4.69, 9.17) is 21.4 Å². The minimum Gasteiger partial charge on any atom is -0.496 e. The second-order valence-electron chi connectivity index (χ2n) is 3.09. The highest BCUT2D eigenvalue weighted by molar-refractivity contribution is 6.30. The van der Waals surface area contributed by atoms with Crippen LogP contribution >= 0.6 is 11.6 Å². The lowest BCUT2D eigenvalue weighted by molar-refractivity contribution is 0.269. The molecule has 1 aromatic carbocycles. The molecule has 0 fully saturated rings. The molecule has 4 heteroatoms. The summed E-state index contributed by atoms with van der Waals surface area (Å²) in [6.07, 6.45) is 0. The van der Waals surface area contributed by atoms with E-state index < -0.39 is 5.82 Å². The second kappa shape index (κ2) is 4.62. The van der Waals surface area contributed by atoms with Gasteiger partial charge in [-0.05, 0) is 6.07 Å². The largest absolute Gasteiger partial charge is 0.496 e. The van der Waals surface area contributed by atoms with Gasteiger partial charge in [0.2, 0.25) is 0 Å². The summed E-state index contributed by atoms with van der Waals surface area (Å²) in [5.74, 6) is -0.228. The molecule has 1 N–H and O–H groups in total. The lowest BCUT2D eigenvalue weighted by Gasteiger charge is -2.13. The second-order valence-corrected chi connectivity index (χ2v) is 3.50. The SMILES string of the molecule is COc1cc(F)c(Cl)cc1C(C)CO. The Morgan fingerprint density at radius 1 is 1.57 bits per heavy atom. The van der Waals surface area contributed by atoms with Crippen LogP contribution < -0.4 is 4.74 Å². The van der Waals surface area contributed by atoms with Crippen molar-refractivity contribution in [2.45, 2.75) is 12.8 Å². The monoisotopic (exact) mass is 218 g/mol. The average Bonchev–Trinajstić information content (AvgIpc) is 2.20. The molecule has 0 saturated heterocycles. The van der Waals surface area contributed by atoms with Crippen molar-refractivity contribution in [2.75, 3.05) is 13.7 Å². The highest BCUT2D eigenvalue weighted by Gasteiger charge is 2.14. The van der Waals surface area contributed by atoms with Crippen molar-refractivity contribution >= 4 is 11.6 Å². The number of hydrogen-bond donors (Lipinski definition) is 1. The van der Waals surface area contributed by atoms with Gasteiger partial charge in [0.1, 0.15) is 11.6 Å². The molecule has 0 amide bonds. The fourth-order valence-electron chi connectivity index (χ4n) is 1.20. The molecular weight excluding hydrogens is 207 g/mol. The van der Waals surface area contributed by atoms with Crippen LogP contribution in [0.4, 0.5) is 4.39 Å². The summed E-state index contributed by atoms with van der Waals surface area (Å²) in [6.45, 7) is 1.78. The van der Waals surface area contributed by atoms with E-state index in [2.05, 4.69) is 0 Å². The van der Waals surface area contributed by atoms with Gasteiger partial charge < -0.3 is 9.84 Å². The molecule has 0 aromatic heterocycles. The van der Waals surface area contributed by atoms with Gasteiger partial charge in [-0.1, -0.05) is 18.5 Å². The summed E-state index contributed by atoms with van der Waals surface area (Å²) in [4.78, 5) is 0. The van der Waals surface area contributed by atoms with E-state index in [0.29, 0.717) is 11.3 Å². The Morgan fingerprint density at radius 2 is 2.21 bits per heavy atom. The molecule has 0 radical (unpaired) electrons. The lowest BCUT2D eigenvalue weighted by atomic mass is 10.0. The highest BCUT2D eigenvalue weighted by Crippen LogP contribution is 2.31. The molecule has 0 spiro atoms. The van der Waals surface area contributed by atoms with E-state index >= 15 is 0 Å². The Morgan fingerprint density at radius 3 is 2.71 bits per heavy atom. The van der Waals surface area contributed by atoms with Crippen molar-refractivity contribution in [3.63, 3.8) is 0 Å². The quantitative estimate of drug-likeness (QED) is 0.845. The minimum atomic E-state index is -0.516. The van der Waals surface area contributed by atoms with Crippen molar-refractivity contribution in [2.24, 2.45) is 0 Å². The lowest BCUT2D eigenvalue weighted by Crippen LogP contribution is -2.02. The topological polar surface area (TPSA) is 29.5 Å². The maximum atomic E-state index is 13.0. The first-order chi connectivity index (χ1) is 6.60. The smallest absolute Gasteiger partial charge is 0.145 e. The molecular formula is C10H12ClFO2. The first-order valence-electron chi connectivity index (χ1n) is 4.24. The van der Waals surface area contributed by atoms with Gasteiger partial charge in [0.05, 0.1) is 12.1 Å². The van der Waals surface area contributed by atoms with Crippen LogP contribution in [0.2, 0.25) is 5.02 Å². The van der Waals surface area contributed by atoms with Crippen LogP contribution in [0.25, 0.3) is 0 Å². The van der Waals surface area contributed by atoms with Gasteiger partial charge in [-0.15, -0.1) is 0 Å². The van der Waals surface area contributed by atoms with Gasteiger partial charge in [0.15, 0.2) is 0 Å². The predicted molar refractivity (Wildman–Crippen MR) is 53.5 cm³/mol. The molecule has 0 aliphatic carbocycles. The van der Waals surface area contributed by atoms with E-state index in [9.17, 15) is 4.39 Å². The highest BCUT2D eigenvalue weighted by atomic mass is 35.5. The average molecular weight is 219 g/mol. The molecule has 0 bridgehead atoms. The molecule has 1 rings (SSSR count). The third kappa shape index (κ3) is 2.16. The number of aliphatic hydroxyl groups is 1. The van der Waals surface area contributed by atoms with Crippen LogP contribution in [0.5, 0.6) is 5.75 Å². The first kappa shape index (κ1) is 11.3. The number of benzene rings is 1. The molecule has 0 heterocycles. The number of methoxy groups -OCH3 is 1. The van der Waals surface area contributed by atoms with E-state index in [1.54, 1.807) is 0 Å². The number of halogens is 2. The van der Waals surface area contributed by atoms with Crippen molar-refractivity contribution < 1.29 is 14.2 Å². The Balaban J connectivity index is 3.19. The maximum Gasteiger partial charge on any atom is 0.145 e. The van der Waals surface area contributed by atoms with Crippen LogP contribution in [-0.2, 0) is 0 Å². The van der Waals surface area contributed by atoms with E-state index in [-0.39, 0.29) is 17.5 Å². The Hall–Kier alpha value is -0.800. The zero-order valence-electron chi connectivity index (χ0n) is 8.05. The first-order valence-corrected chi connectivity index (χ1v) is 4.61. The van der Waals surface area contributed by atoms with Crippen LogP contribution in [0.1, 0.15) is 18.4 Å². The summed E-state index contributed by atoms with van der Waals surface area (Å²) in [5.41, 5.74) is 0.710. The molecule has 1 atom stereocenters. The van der Waals surface area contributed by atoms with Gasteiger partial charge in [0.25, 0.3) is 0 Å². The molecule has 2 nitrogen and oxygen atoms in total. The Bertz CT molecular complexity index is 328. The standard InChI is InChI=1S/C10H12ClFO2/c1-6(5-13)7-3-8(11)9(12)4-10(7)14-2/h3-4,6,13H,5H2,1-2H3. The minimum absolute atomic E-state index is 0.0294. The summed E-state index contributed by atoms with van der Waals surface area (Å²) < 4.78 is 18.0. The number of rotatable bonds is 3. The normalized spacial score (nSPS) is 12.6. The zero-order chi connectivity index (χ0) is 10.7. The van der Waals surface area contributed by atoms with Crippen LogP contribution in [0.15, 0.2) is 12.1 Å². The van der Waals surface area contributed by atoms with Crippen LogP contribution in [0, 0.1) is 5.82 Å². The van der Waals surface area contributed by atoms with Gasteiger partial charge in [-0.25, -0.2) is 4.39 Å². The summed E-state index contributed by atoms with van der Waals surface area (Å²) in [7, 11) is 1.45. The molecule has 0 aliphatic heterocycles. The fraction of sp³-hybridized carbons (Fsp3) is 0.400. The molecule has 0 saturated carbocycles. The Kier molecular flexibility index (Phi) is 3.72. The molecule has 14 heavy (non-hydrogen) atoms. The van der Waals surface area contributed by atoms with Crippen LogP contribution in [-0.4, -0.2) is 18.8 Å². The third-order valence-electron chi connectivity index (χ3n) is 2.08. The summed E-state index contributed by atoms with van der Waals surface area (Å²) in [6, 6.07) is 2.71. The van der Waals surface area contributed by atoms with Gasteiger partial charge in [-0.3, -0.25) is 0 Å². The summed E-state index contributed by atoms with van der Waals surface area (Å²) in [5, 5.41) is 9.02. The molecule has 0 aliphatic rings. The maximum absolute atomic E-state index is 13.0. The molecule has 1 aromatic rings. The van der Waals surface area contributed by atoms with Gasteiger partial charge in [-0.2, -0.15) is 0 Å². The number of hydrogen-bond acceptors (Lipinski definition) is 2. The number of aliphatic hydroxyl groups excluding tert-OH is 1. The van der Waals surface area contributed by atoms with Crippen molar-refractivity contribution in [3.8, 4) is 5.75 Å². The van der Waals surface area contributed by atoms with Gasteiger partial charge in [0, 0.05) is 24.2 Å². The van der Waals surface area contributed by atoms with E-state index in [1.807, 2.05) is 6.92 Å². The fourth-order valence-corrected chi connectivity index (χ4v) is 1.38. The third-order valence-corrected chi connectivity index (χ3v) is 2.37. The van der Waals surface area contributed by atoms with E-state index in [0.717, 1.165) is 0 Å². The zero-order valence-corrected chi connectivity index (χ0v) is 8.81. The van der Waals surface area contributed by atoms with E-state index in [1.165, 1.54) is 19.2 Å². The predicted octanol–water partition coefficient (Wildman–Crippen LogP) is 2.58. The molecule has 78 valence electrons. The number of ether oxygens (including phenoxy) is 1. The summed E-state index contributed by atoms with van der Waals surface area (Å²) >= 11 is 5.63. The molecule has 1 unspecified atom stereocenters. The Labute approximate surface area is 87.3 Å². The van der Waals surface area contributed by atoms with Gasteiger partial charge >= 0.3 is 0 Å². The van der Waals surface area contributed by atoms with Crippen molar-refractivity contribution in [1.29, 1.82) is 0 Å².